The van der Waals surface area contributed by atoms with E-state index in [-0.39, 0.29) is 5.82 Å². The summed E-state index contributed by atoms with van der Waals surface area (Å²) in [5.74, 6) is -0.0805. The van der Waals surface area contributed by atoms with Gasteiger partial charge in [0.05, 0.1) is 5.69 Å². The van der Waals surface area contributed by atoms with Crippen LogP contribution in [-0.4, -0.2) is 43.2 Å². The highest BCUT2D eigenvalue weighted by Gasteiger charge is 2.22. The standard InChI is InChI=1S/C17H26FN3/c1-13(2)20-7-9-21(10-8-20)17-6-3-14(11-16(17)18)12-19-15-4-5-15/h3,6,11,13,15,19H,4-5,7-10,12H2,1-2H3. The van der Waals surface area contributed by atoms with Crippen molar-refractivity contribution < 1.29 is 4.39 Å². The first-order valence-corrected chi connectivity index (χ1v) is 8.14. The van der Waals surface area contributed by atoms with Gasteiger partial charge in [-0.05, 0) is 44.4 Å². The van der Waals surface area contributed by atoms with Gasteiger partial charge in [-0.3, -0.25) is 4.90 Å². The van der Waals surface area contributed by atoms with Gasteiger partial charge in [0, 0.05) is 44.8 Å². The van der Waals surface area contributed by atoms with Gasteiger partial charge in [-0.25, -0.2) is 4.39 Å². The molecule has 4 heteroatoms. The zero-order chi connectivity index (χ0) is 14.8. The second-order valence-electron chi connectivity index (χ2n) is 6.56. The fourth-order valence-corrected chi connectivity index (χ4v) is 2.95. The van der Waals surface area contributed by atoms with Crippen LogP contribution in [-0.2, 0) is 6.54 Å². The minimum Gasteiger partial charge on any atom is -0.367 e. The minimum atomic E-state index is -0.0805. The average molecular weight is 291 g/mol. The third-order valence-corrected chi connectivity index (χ3v) is 4.57. The number of hydrogen-bond acceptors (Lipinski definition) is 3. The minimum absolute atomic E-state index is 0.0805. The molecule has 1 aromatic carbocycles. The summed E-state index contributed by atoms with van der Waals surface area (Å²) in [5.41, 5.74) is 1.80. The molecule has 0 unspecified atom stereocenters. The summed E-state index contributed by atoms with van der Waals surface area (Å²) in [6.45, 7) is 9.08. The highest BCUT2D eigenvalue weighted by molar-refractivity contribution is 5.49. The Hall–Kier alpha value is -1.13. The predicted molar refractivity (Wildman–Crippen MR) is 85.2 cm³/mol. The van der Waals surface area contributed by atoms with Crippen molar-refractivity contribution in [3.05, 3.63) is 29.6 Å². The fourth-order valence-electron chi connectivity index (χ4n) is 2.95. The molecule has 0 atom stereocenters. The number of anilines is 1. The van der Waals surface area contributed by atoms with Gasteiger partial charge in [0.2, 0.25) is 0 Å². The molecular formula is C17H26FN3. The summed E-state index contributed by atoms with van der Waals surface area (Å²) < 4.78 is 14.3. The maximum atomic E-state index is 14.3. The largest absolute Gasteiger partial charge is 0.367 e. The number of benzene rings is 1. The topological polar surface area (TPSA) is 18.5 Å². The zero-order valence-electron chi connectivity index (χ0n) is 13.1. The molecule has 1 N–H and O–H groups in total. The Balaban J connectivity index is 1.60. The van der Waals surface area contributed by atoms with Crippen LogP contribution in [0.5, 0.6) is 0 Å². The number of nitrogens with zero attached hydrogens (tertiary/aromatic N) is 2. The van der Waals surface area contributed by atoms with Crippen molar-refractivity contribution in [1.82, 2.24) is 10.2 Å². The monoisotopic (exact) mass is 291 g/mol. The first kappa shape index (κ1) is 14.8. The third-order valence-electron chi connectivity index (χ3n) is 4.57. The molecule has 0 amide bonds. The smallest absolute Gasteiger partial charge is 0.146 e. The molecule has 116 valence electrons. The zero-order valence-corrected chi connectivity index (χ0v) is 13.1. The van der Waals surface area contributed by atoms with E-state index in [0.717, 1.165) is 44.0 Å². The van der Waals surface area contributed by atoms with E-state index in [0.29, 0.717) is 12.1 Å². The molecule has 1 heterocycles. The number of rotatable bonds is 5. The van der Waals surface area contributed by atoms with Gasteiger partial charge in [-0.2, -0.15) is 0 Å². The van der Waals surface area contributed by atoms with E-state index in [1.54, 1.807) is 6.07 Å². The van der Waals surface area contributed by atoms with Crippen LogP contribution in [0.2, 0.25) is 0 Å². The second kappa shape index (κ2) is 6.32. The molecule has 21 heavy (non-hydrogen) atoms. The first-order chi connectivity index (χ1) is 10.1. The van der Waals surface area contributed by atoms with Crippen molar-refractivity contribution in [2.75, 3.05) is 31.1 Å². The van der Waals surface area contributed by atoms with Crippen LogP contribution in [0.3, 0.4) is 0 Å². The number of hydrogen-bond donors (Lipinski definition) is 1. The van der Waals surface area contributed by atoms with Crippen molar-refractivity contribution in [3.63, 3.8) is 0 Å². The van der Waals surface area contributed by atoms with Crippen LogP contribution in [0.1, 0.15) is 32.3 Å². The molecule has 0 aromatic heterocycles. The molecule has 1 saturated heterocycles. The summed E-state index contributed by atoms with van der Waals surface area (Å²) >= 11 is 0. The first-order valence-electron chi connectivity index (χ1n) is 8.14. The molecule has 0 spiro atoms. The Morgan fingerprint density at radius 2 is 1.90 bits per heavy atom. The van der Waals surface area contributed by atoms with Gasteiger partial charge in [0.15, 0.2) is 0 Å². The molecule has 1 saturated carbocycles. The molecule has 1 aromatic rings. The highest BCUT2D eigenvalue weighted by atomic mass is 19.1. The van der Waals surface area contributed by atoms with Gasteiger partial charge < -0.3 is 10.2 Å². The highest BCUT2D eigenvalue weighted by Crippen LogP contribution is 2.24. The lowest BCUT2D eigenvalue weighted by atomic mass is 10.1. The van der Waals surface area contributed by atoms with E-state index in [2.05, 4.69) is 35.0 Å². The quantitative estimate of drug-likeness (QED) is 0.899. The predicted octanol–water partition coefficient (Wildman–Crippen LogP) is 2.61. The van der Waals surface area contributed by atoms with Crippen LogP contribution in [0, 0.1) is 5.82 Å². The van der Waals surface area contributed by atoms with Crippen LogP contribution in [0.4, 0.5) is 10.1 Å². The fraction of sp³-hybridized carbons (Fsp3) is 0.647. The molecule has 2 fully saturated rings. The molecule has 0 bridgehead atoms. The van der Waals surface area contributed by atoms with E-state index in [1.165, 1.54) is 12.8 Å². The van der Waals surface area contributed by atoms with Crippen LogP contribution < -0.4 is 10.2 Å². The Labute approximate surface area is 127 Å². The average Bonchev–Trinajstić information content (AvgIpc) is 3.29. The maximum Gasteiger partial charge on any atom is 0.146 e. The molecule has 2 aliphatic rings. The van der Waals surface area contributed by atoms with Crippen molar-refractivity contribution in [1.29, 1.82) is 0 Å². The van der Waals surface area contributed by atoms with E-state index >= 15 is 0 Å². The molecule has 3 nitrogen and oxygen atoms in total. The summed E-state index contributed by atoms with van der Waals surface area (Å²) in [4.78, 5) is 4.62. The number of nitrogens with one attached hydrogen (secondary N) is 1. The summed E-state index contributed by atoms with van der Waals surface area (Å²) in [5, 5.41) is 3.43. The lowest BCUT2D eigenvalue weighted by molar-refractivity contribution is 0.209. The SMILES string of the molecule is CC(C)N1CCN(c2ccc(CNC3CC3)cc2F)CC1. The third kappa shape index (κ3) is 3.74. The lowest BCUT2D eigenvalue weighted by Gasteiger charge is -2.38. The Morgan fingerprint density at radius 3 is 2.48 bits per heavy atom. The van der Waals surface area contributed by atoms with Gasteiger partial charge in [0.25, 0.3) is 0 Å². The summed E-state index contributed by atoms with van der Waals surface area (Å²) in [7, 11) is 0. The van der Waals surface area contributed by atoms with Crippen LogP contribution >= 0.6 is 0 Å². The van der Waals surface area contributed by atoms with Crippen molar-refractivity contribution in [2.24, 2.45) is 0 Å². The molecule has 3 rings (SSSR count). The Bertz CT molecular complexity index is 477. The number of piperazine rings is 1. The molecule has 1 aliphatic heterocycles. The lowest BCUT2D eigenvalue weighted by Crippen LogP contribution is -2.49. The van der Waals surface area contributed by atoms with Crippen molar-refractivity contribution in [2.45, 2.75) is 45.3 Å². The Kier molecular flexibility index (Phi) is 4.45. The van der Waals surface area contributed by atoms with Crippen molar-refractivity contribution >= 4 is 5.69 Å². The molecular weight excluding hydrogens is 265 g/mol. The molecule has 1 aliphatic carbocycles. The van der Waals surface area contributed by atoms with E-state index < -0.39 is 0 Å². The van der Waals surface area contributed by atoms with Crippen LogP contribution in [0.15, 0.2) is 18.2 Å². The van der Waals surface area contributed by atoms with Gasteiger partial charge >= 0.3 is 0 Å². The van der Waals surface area contributed by atoms with Gasteiger partial charge in [-0.1, -0.05) is 6.07 Å². The van der Waals surface area contributed by atoms with Gasteiger partial charge in [-0.15, -0.1) is 0 Å². The van der Waals surface area contributed by atoms with E-state index in [1.807, 2.05) is 6.07 Å². The summed E-state index contributed by atoms with van der Waals surface area (Å²) in [6.07, 6.45) is 2.53. The van der Waals surface area contributed by atoms with Crippen molar-refractivity contribution in [3.8, 4) is 0 Å². The maximum absolute atomic E-state index is 14.3. The van der Waals surface area contributed by atoms with E-state index in [4.69, 9.17) is 0 Å². The normalized spacial score (nSPS) is 20.3. The van der Waals surface area contributed by atoms with E-state index in [9.17, 15) is 4.39 Å². The second-order valence-corrected chi connectivity index (χ2v) is 6.56. The summed E-state index contributed by atoms with van der Waals surface area (Å²) in [6, 6.07) is 6.94. The number of halogens is 1. The van der Waals surface area contributed by atoms with Crippen LogP contribution in [0.25, 0.3) is 0 Å². The molecule has 0 radical (unpaired) electrons. The Morgan fingerprint density at radius 1 is 1.19 bits per heavy atom. The van der Waals surface area contributed by atoms with Gasteiger partial charge in [0.1, 0.15) is 5.82 Å².